The Morgan fingerprint density at radius 2 is 1.97 bits per heavy atom. The average Bonchev–Trinajstić information content (AvgIpc) is 3.28. The van der Waals surface area contributed by atoms with Crippen LogP contribution in [0.2, 0.25) is 0 Å². The van der Waals surface area contributed by atoms with Crippen LogP contribution >= 0.6 is 11.3 Å². The molecule has 0 unspecified atom stereocenters. The van der Waals surface area contributed by atoms with E-state index >= 15 is 0 Å². The van der Waals surface area contributed by atoms with Crippen LogP contribution in [-0.4, -0.2) is 41.3 Å². The minimum atomic E-state index is -5.08. The number of nitrogens with zero attached hydrogens (tertiary/aromatic N) is 3. The van der Waals surface area contributed by atoms with Crippen molar-refractivity contribution in [2.24, 2.45) is 0 Å². The minimum absolute atomic E-state index is 0.712. The maximum absolute atomic E-state index is 10.6. The number of halogens is 3. The van der Waals surface area contributed by atoms with Gasteiger partial charge in [0.25, 0.3) is 0 Å². The third-order valence-corrected chi connectivity index (χ3v) is 4.49. The highest BCUT2D eigenvalue weighted by Crippen LogP contribution is 2.28. The van der Waals surface area contributed by atoms with Crippen molar-refractivity contribution in [2.45, 2.75) is 19.6 Å². The van der Waals surface area contributed by atoms with Gasteiger partial charge in [0.05, 0.1) is 24.1 Å². The number of carboxylic acid groups (broad SMARTS) is 1. The van der Waals surface area contributed by atoms with Crippen LogP contribution in [-0.2, 0) is 11.3 Å². The smallest absolute Gasteiger partial charge is 0.475 e. The van der Waals surface area contributed by atoms with E-state index in [-0.39, 0.29) is 0 Å². The summed E-state index contributed by atoms with van der Waals surface area (Å²) in [7, 11) is 4.04. The molecule has 7 nitrogen and oxygen atoms in total. The molecule has 3 aromatic rings. The van der Waals surface area contributed by atoms with Crippen LogP contribution in [0.5, 0.6) is 0 Å². The quantitative estimate of drug-likeness (QED) is 0.622. The molecule has 0 saturated carbocycles. The van der Waals surface area contributed by atoms with E-state index in [2.05, 4.69) is 20.2 Å². The average molecular weight is 428 g/mol. The number of hydrogen-bond donors (Lipinski definition) is 2. The van der Waals surface area contributed by atoms with Gasteiger partial charge in [-0.05, 0) is 25.1 Å². The van der Waals surface area contributed by atoms with Gasteiger partial charge < -0.3 is 19.7 Å². The molecule has 0 fully saturated rings. The van der Waals surface area contributed by atoms with Gasteiger partial charge in [-0.2, -0.15) is 13.2 Å². The summed E-state index contributed by atoms with van der Waals surface area (Å²) in [5.74, 6) is -1.03. The number of carboxylic acids is 1. The number of rotatable bonds is 5. The molecule has 0 atom stereocenters. The van der Waals surface area contributed by atoms with Crippen molar-refractivity contribution in [3.8, 4) is 10.8 Å². The Morgan fingerprint density at radius 1 is 1.28 bits per heavy atom. The first kappa shape index (κ1) is 22.2. The SMILES string of the molecule is Cc1ccc(-c2ncc(CNc3cnccc3N(C)C)s2)o1.O=C(O)C(F)(F)F. The Bertz CT molecular complexity index is 954. The summed E-state index contributed by atoms with van der Waals surface area (Å²) >= 11 is 1.63. The molecule has 0 saturated heterocycles. The van der Waals surface area contributed by atoms with E-state index in [1.54, 1.807) is 17.5 Å². The van der Waals surface area contributed by atoms with Gasteiger partial charge in [0.1, 0.15) is 5.76 Å². The summed E-state index contributed by atoms with van der Waals surface area (Å²) in [6, 6.07) is 5.90. The molecular formula is C18H19F3N4O3S. The fraction of sp³-hybridized carbons (Fsp3) is 0.278. The van der Waals surface area contributed by atoms with E-state index in [0.717, 1.165) is 32.8 Å². The number of furan rings is 1. The summed E-state index contributed by atoms with van der Waals surface area (Å²) in [6.45, 7) is 2.65. The van der Waals surface area contributed by atoms with Crippen LogP contribution in [0.3, 0.4) is 0 Å². The van der Waals surface area contributed by atoms with Gasteiger partial charge in [-0.1, -0.05) is 0 Å². The first-order chi connectivity index (χ1) is 13.6. The van der Waals surface area contributed by atoms with Gasteiger partial charge in [-0.15, -0.1) is 11.3 Å². The lowest BCUT2D eigenvalue weighted by atomic mass is 10.3. The van der Waals surface area contributed by atoms with Crippen LogP contribution < -0.4 is 10.2 Å². The zero-order valence-corrected chi connectivity index (χ0v) is 16.6. The zero-order valence-electron chi connectivity index (χ0n) is 15.8. The standard InChI is InChI=1S/C16H18N4OS.C2HF3O2/c1-11-4-5-15(21-11)16-19-9-12(22-16)8-18-13-10-17-7-6-14(13)20(2)3;3-2(4,5)1(6)7/h4-7,9-10,18H,8H2,1-3H3;(H,6,7). The second-order valence-electron chi connectivity index (χ2n) is 5.99. The molecule has 156 valence electrons. The van der Waals surface area contributed by atoms with Crippen molar-refractivity contribution in [3.63, 3.8) is 0 Å². The first-order valence-electron chi connectivity index (χ1n) is 8.24. The largest absolute Gasteiger partial charge is 0.490 e. The van der Waals surface area contributed by atoms with Gasteiger partial charge in [0.2, 0.25) is 0 Å². The number of nitrogens with one attached hydrogen (secondary N) is 1. The van der Waals surface area contributed by atoms with E-state index in [9.17, 15) is 13.2 Å². The molecule has 0 bridgehead atoms. The maximum atomic E-state index is 10.6. The van der Waals surface area contributed by atoms with Gasteiger partial charge >= 0.3 is 12.1 Å². The number of carbonyl (C=O) groups is 1. The van der Waals surface area contributed by atoms with Gasteiger partial charge in [-0.3, -0.25) is 4.98 Å². The topological polar surface area (TPSA) is 91.5 Å². The second kappa shape index (κ2) is 9.41. The van der Waals surface area contributed by atoms with Crippen molar-refractivity contribution in [2.75, 3.05) is 24.3 Å². The Balaban J connectivity index is 0.000000370. The lowest BCUT2D eigenvalue weighted by Crippen LogP contribution is -2.21. The number of aliphatic carboxylic acids is 1. The van der Waals surface area contributed by atoms with Gasteiger partial charge in [0, 0.05) is 31.4 Å². The fourth-order valence-corrected chi connectivity index (χ4v) is 2.96. The molecule has 0 aliphatic heterocycles. The molecule has 0 radical (unpaired) electrons. The molecule has 3 rings (SSSR count). The van der Waals surface area contributed by atoms with E-state index in [4.69, 9.17) is 14.3 Å². The van der Waals surface area contributed by atoms with Crippen molar-refractivity contribution < 1.29 is 27.5 Å². The maximum Gasteiger partial charge on any atom is 0.490 e. The van der Waals surface area contributed by atoms with E-state index in [0.29, 0.717) is 6.54 Å². The fourth-order valence-electron chi connectivity index (χ4n) is 2.15. The number of hydrogen-bond acceptors (Lipinski definition) is 7. The molecule has 11 heteroatoms. The predicted molar refractivity (Wildman–Crippen MR) is 104 cm³/mol. The molecule has 0 spiro atoms. The lowest BCUT2D eigenvalue weighted by Gasteiger charge is -2.17. The summed E-state index contributed by atoms with van der Waals surface area (Å²) in [5, 5.41) is 11.4. The van der Waals surface area contributed by atoms with Crippen LogP contribution in [0.25, 0.3) is 10.8 Å². The van der Waals surface area contributed by atoms with Crippen LogP contribution in [0.1, 0.15) is 10.6 Å². The molecule has 3 aromatic heterocycles. The molecule has 0 aliphatic carbocycles. The number of pyridine rings is 1. The van der Waals surface area contributed by atoms with Crippen molar-refractivity contribution in [1.29, 1.82) is 0 Å². The normalized spacial score (nSPS) is 10.8. The predicted octanol–water partition coefficient (Wildman–Crippen LogP) is 4.42. The van der Waals surface area contributed by atoms with E-state index in [1.807, 2.05) is 51.6 Å². The Labute approximate surface area is 168 Å². The number of aryl methyl sites for hydroxylation is 1. The highest BCUT2D eigenvalue weighted by Gasteiger charge is 2.38. The number of aromatic nitrogens is 2. The Hall–Kier alpha value is -3.08. The van der Waals surface area contributed by atoms with Crippen LogP contribution in [0, 0.1) is 6.92 Å². The molecule has 3 heterocycles. The molecule has 0 aromatic carbocycles. The Kier molecular flexibility index (Phi) is 7.21. The summed E-state index contributed by atoms with van der Waals surface area (Å²) in [6.07, 6.45) is 0.439. The highest BCUT2D eigenvalue weighted by molar-refractivity contribution is 7.14. The molecular weight excluding hydrogens is 409 g/mol. The summed E-state index contributed by atoms with van der Waals surface area (Å²) < 4.78 is 37.3. The van der Waals surface area contributed by atoms with E-state index in [1.165, 1.54) is 0 Å². The number of thiazole rings is 1. The second-order valence-corrected chi connectivity index (χ2v) is 7.10. The van der Waals surface area contributed by atoms with E-state index < -0.39 is 12.1 Å². The van der Waals surface area contributed by atoms with Gasteiger partial charge in [0.15, 0.2) is 10.8 Å². The number of anilines is 2. The third-order valence-electron chi connectivity index (χ3n) is 3.48. The zero-order chi connectivity index (χ0) is 21.6. The van der Waals surface area contributed by atoms with Crippen molar-refractivity contribution >= 4 is 28.7 Å². The number of alkyl halides is 3. The van der Waals surface area contributed by atoms with Crippen molar-refractivity contribution in [3.05, 3.63) is 47.4 Å². The lowest BCUT2D eigenvalue weighted by molar-refractivity contribution is -0.192. The highest BCUT2D eigenvalue weighted by atomic mass is 32.1. The minimum Gasteiger partial charge on any atom is -0.475 e. The van der Waals surface area contributed by atoms with Crippen molar-refractivity contribution in [1.82, 2.24) is 9.97 Å². The Morgan fingerprint density at radius 3 is 2.52 bits per heavy atom. The van der Waals surface area contributed by atoms with Crippen LogP contribution in [0.15, 0.2) is 41.2 Å². The molecule has 0 amide bonds. The first-order valence-corrected chi connectivity index (χ1v) is 9.06. The van der Waals surface area contributed by atoms with Gasteiger partial charge in [-0.25, -0.2) is 9.78 Å². The molecule has 0 aliphatic rings. The summed E-state index contributed by atoms with van der Waals surface area (Å²) in [4.78, 5) is 20.7. The third kappa shape index (κ3) is 6.49. The monoisotopic (exact) mass is 428 g/mol. The molecule has 2 N–H and O–H groups in total. The van der Waals surface area contributed by atoms with Crippen LogP contribution in [0.4, 0.5) is 24.5 Å². The molecule has 29 heavy (non-hydrogen) atoms. The summed E-state index contributed by atoms with van der Waals surface area (Å²) in [5.41, 5.74) is 2.12.